The van der Waals surface area contributed by atoms with Crippen molar-refractivity contribution in [3.05, 3.63) is 48.0 Å². The Hall–Kier alpha value is -3.13. The van der Waals surface area contributed by atoms with E-state index in [0.717, 1.165) is 62.3 Å². The molecule has 2 aliphatic rings. The number of amides is 1. The van der Waals surface area contributed by atoms with Crippen LogP contribution in [0.3, 0.4) is 0 Å². The van der Waals surface area contributed by atoms with E-state index in [9.17, 15) is 4.79 Å². The third kappa shape index (κ3) is 5.76. The Kier molecular flexibility index (Phi) is 7.21. The van der Waals surface area contributed by atoms with Gasteiger partial charge in [0.1, 0.15) is 5.75 Å². The van der Waals surface area contributed by atoms with E-state index in [2.05, 4.69) is 20.0 Å². The third-order valence-electron chi connectivity index (χ3n) is 5.56. The van der Waals surface area contributed by atoms with E-state index in [0.29, 0.717) is 13.1 Å². The number of hydrogen-bond donors (Lipinski definition) is 0. The fraction of sp³-hybridized carbons (Fsp3) is 0.458. The molecule has 0 spiro atoms. The number of anilines is 2. The summed E-state index contributed by atoms with van der Waals surface area (Å²) in [6, 6.07) is 11.8. The van der Waals surface area contributed by atoms with Crippen molar-refractivity contribution < 1.29 is 14.3 Å². The van der Waals surface area contributed by atoms with Crippen molar-refractivity contribution in [1.82, 2.24) is 15.1 Å². The van der Waals surface area contributed by atoms with Gasteiger partial charge >= 0.3 is 0 Å². The Morgan fingerprint density at radius 1 is 0.906 bits per heavy atom. The maximum Gasteiger partial charge on any atom is 0.246 e. The second-order valence-electron chi connectivity index (χ2n) is 8.23. The van der Waals surface area contributed by atoms with E-state index >= 15 is 0 Å². The van der Waals surface area contributed by atoms with E-state index in [1.165, 1.54) is 0 Å². The number of rotatable bonds is 6. The van der Waals surface area contributed by atoms with Crippen LogP contribution in [0.4, 0.5) is 11.6 Å². The molecule has 170 valence electrons. The molecule has 1 aromatic carbocycles. The number of ether oxygens (including phenoxy) is 2. The van der Waals surface area contributed by atoms with Gasteiger partial charge in [0.15, 0.2) is 11.6 Å². The second-order valence-corrected chi connectivity index (χ2v) is 8.23. The van der Waals surface area contributed by atoms with Gasteiger partial charge in [0, 0.05) is 45.3 Å². The summed E-state index contributed by atoms with van der Waals surface area (Å²) in [7, 11) is 0. The van der Waals surface area contributed by atoms with E-state index < -0.39 is 0 Å². The highest BCUT2D eigenvalue weighted by atomic mass is 16.5. The minimum absolute atomic E-state index is 0.0286. The highest BCUT2D eigenvalue weighted by molar-refractivity contribution is 5.92. The van der Waals surface area contributed by atoms with Crippen LogP contribution in [0.1, 0.15) is 19.4 Å². The molecule has 8 heteroatoms. The number of hydrogen-bond acceptors (Lipinski definition) is 7. The van der Waals surface area contributed by atoms with Crippen LogP contribution in [-0.2, 0) is 9.53 Å². The molecule has 0 bridgehead atoms. The van der Waals surface area contributed by atoms with Gasteiger partial charge in [-0.2, -0.15) is 0 Å². The maximum absolute atomic E-state index is 12.6. The lowest BCUT2D eigenvalue weighted by Gasteiger charge is -2.35. The van der Waals surface area contributed by atoms with Gasteiger partial charge in [0.2, 0.25) is 5.91 Å². The van der Waals surface area contributed by atoms with Crippen LogP contribution >= 0.6 is 0 Å². The van der Waals surface area contributed by atoms with Crippen LogP contribution in [-0.4, -0.2) is 79.6 Å². The summed E-state index contributed by atoms with van der Waals surface area (Å²) in [5.74, 6) is 2.61. The molecule has 1 amide bonds. The summed E-state index contributed by atoms with van der Waals surface area (Å²) in [4.78, 5) is 18.8. The summed E-state index contributed by atoms with van der Waals surface area (Å²) in [5.41, 5.74) is 0.976. The Balaban J connectivity index is 1.26. The summed E-state index contributed by atoms with van der Waals surface area (Å²) in [6.45, 7) is 9.96. The average molecular weight is 438 g/mol. The zero-order valence-electron chi connectivity index (χ0n) is 18.8. The van der Waals surface area contributed by atoms with Gasteiger partial charge in [0.05, 0.1) is 19.3 Å². The molecule has 2 aliphatic heterocycles. The van der Waals surface area contributed by atoms with Crippen molar-refractivity contribution in [1.29, 1.82) is 0 Å². The van der Waals surface area contributed by atoms with Gasteiger partial charge in [-0.3, -0.25) is 4.79 Å². The van der Waals surface area contributed by atoms with E-state index in [4.69, 9.17) is 9.47 Å². The van der Waals surface area contributed by atoms with Crippen LogP contribution in [0.25, 0.3) is 6.08 Å². The fourth-order valence-electron chi connectivity index (χ4n) is 3.81. The monoisotopic (exact) mass is 437 g/mol. The van der Waals surface area contributed by atoms with Crippen molar-refractivity contribution in [2.75, 3.05) is 62.3 Å². The first-order valence-corrected chi connectivity index (χ1v) is 11.2. The highest BCUT2D eigenvalue weighted by Gasteiger charge is 2.21. The number of morpholine rings is 1. The zero-order chi connectivity index (χ0) is 22.3. The summed E-state index contributed by atoms with van der Waals surface area (Å²) in [5, 5.41) is 8.81. The molecule has 0 aliphatic carbocycles. The minimum Gasteiger partial charge on any atom is -0.491 e. The number of piperazine rings is 1. The molecule has 0 radical (unpaired) electrons. The summed E-state index contributed by atoms with van der Waals surface area (Å²) < 4.78 is 11.0. The molecular weight excluding hydrogens is 406 g/mol. The molecule has 2 fully saturated rings. The standard InChI is InChI=1S/C24H31N5O3/c1-19(2)32-21-6-3-20(4-7-21)5-10-24(30)29-13-11-27(12-14-29)22-8-9-23(26-25-22)28-15-17-31-18-16-28/h3-10,19H,11-18H2,1-2H3/b10-5+. The van der Waals surface area contributed by atoms with E-state index in [-0.39, 0.29) is 12.0 Å². The van der Waals surface area contributed by atoms with Crippen LogP contribution in [0.2, 0.25) is 0 Å². The van der Waals surface area contributed by atoms with E-state index in [1.54, 1.807) is 6.08 Å². The number of carbonyl (C=O) groups excluding carboxylic acids is 1. The van der Waals surface area contributed by atoms with Crippen LogP contribution < -0.4 is 14.5 Å². The average Bonchev–Trinajstić information content (AvgIpc) is 2.84. The molecule has 2 saturated heterocycles. The predicted molar refractivity (Wildman–Crippen MR) is 125 cm³/mol. The van der Waals surface area contributed by atoms with Crippen molar-refractivity contribution in [3.8, 4) is 5.75 Å². The fourth-order valence-corrected chi connectivity index (χ4v) is 3.81. The Morgan fingerprint density at radius 2 is 1.50 bits per heavy atom. The first kappa shape index (κ1) is 22.1. The quantitative estimate of drug-likeness (QED) is 0.643. The van der Waals surface area contributed by atoms with Gasteiger partial charge in [-0.15, -0.1) is 10.2 Å². The molecule has 1 aromatic heterocycles. The first-order valence-electron chi connectivity index (χ1n) is 11.2. The maximum atomic E-state index is 12.6. The van der Waals surface area contributed by atoms with Crippen molar-refractivity contribution in [2.45, 2.75) is 20.0 Å². The Morgan fingerprint density at radius 3 is 2.06 bits per heavy atom. The second kappa shape index (κ2) is 10.5. The van der Waals surface area contributed by atoms with Gasteiger partial charge in [-0.05, 0) is 49.8 Å². The van der Waals surface area contributed by atoms with Crippen LogP contribution in [0.15, 0.2) is 42.5 Å². The number of aromatic nitrogens is 2. The molecular formula is C24H31N5O3. The number of benzene rings is 1. The molecule has 0 unspecified atom stereocenters. The molecule has 0 atom stereocenters. The Bertz CT molecular complexity index is 900. The smallest absolute Gasteiger partial charge is 0.246 e. The van der Waals surface area contributed by atoms with Crippen molar-refractivity contribution in [2.24, 2.45) is 0 Å². The lowest BCUT2D eigenvalue weighted by molar-refractivity contribution is -0.126. The first-order chi connectivity index (χ1) is 15.6. The Labute approximate surface area is 189 Å². The largest absolute Gasteiger partial charge is 0.491 e. The van der Waals surface area contributed by atoms with Crippen LogP contribution in [0.5, 0.6) is 5.75 Å². The molecule has 2 aromatic rings. The zero-order valence-corrected chi connectivity index (χ0v) is 18.8. The normalized spacial score (nSPS) is 17.3. The molecule has 3 heterocycles. The third-order valence-corrected chi connectivity index (χ3v) is 5.56. The SMILES string of the molecule is CC(C)Oc1ccc(/C=C/C(=O)N2CCN(c3ccc(N4CCOCC4)nn3)CC2)cc1. The number of nitrogens with zero attached hydrogens (tertiary/aromatic N) is 5. The lowest BCUT2D eigenvalue weighted by Crippen LogP contribution is -2.48. The van der Waals surface area contributed by atoms with Crippen molar-refractivity contribution >= 4 is 23.6 Å². The molecule has 8 nitrogen and oxygen atoms in total. The topological polar surface area (TPSA) is 71.0 Å². The molecule has 32 heavy (non-hydrogen) atoms. The van der Waals surface area contributed by atoms with E-state index in [1.807, 2.05) is 61.2 Å². The lowest BCUT2D eigenvalue weighted by atomic mass is 10.2. The van der Waals surface area contributed by atoms with Gasteiger partial charge in [-0.1, -0.05) is 12.1 Å². The highest BCUT2D eigenvalue weighted by Crippen LogP contribution is 2.18. The summed E-state index contributed by atoms with van der Waals surface area (Å²) in [6.07, 6.45) is 3.64. The number of carbonyl (C=O) groups is 1. The van der Waals surface area contributed by atoms with Gasteiger partial charge < -0.3 is 24.2 Å². The van der Waals surface area contributed by atoms with Crippen molar-refractivity contribution in [3.63, 3.8) is 0 Å². The predicted octanol–water partition coefficient (Wildman–Crippen LogP) is 2.46. The molecule has 0 saturated carbocycles. The summed E-state index contributed by atoms with van der Waals surface area (Å²) >= 11 is 0. The molecule has 0 N–H and O–H groups in total. The van der Waals surface area contributed by atoms with Gasteiger partial charge in [0.25, 0.3) is 0 Å². The molecule has 4 rings (SSSR count). The van der Waals surface area contributed by atoms with Crippen LogP contribution in [0, 0.1) is 0 Å². The minimum atomic E-state index is 0.0286. The van der Waals surface area contributed by atoms with Gasteiger partial charge in [-0.25, -0.2) is 0 Å².